The van der Waals surface area contributed by atoms with Gasteiger partial charge in [0.15, 0.2) is 0 Å². The molecule has 122 valence electrons. The molecule has 0 amide bonds. The van der Waals surface area contributed by atoms with Gasteiger partial charge in [-0.2, -0.15) is 0 Å². The predicted octanol–water partition coefficient (Wildman–Crippen LogP) is 6.98. The van der Waals surface area contributed by atoms with Gasteiger partial charge in [-0.3, -0.25) is 0 Å². The summed E-state index contributed by atoms with van der Waals surface area (Å²) < 4.78 is 0. The van der Waals surface area contributed by atoms with Crippen LogP contribution < -0.4 is 0 Å². The van der Waals surface area contributed by atoms with Gasteiger partial charge in [-0.05, 0) is 55.3 Å². The smallest absolute Gasteiger partial charge is 0.0352 e. The Morgan fingerprint density at radius 3 is 2.33 bits per heavy atom. The molecule has 0 heteroatoms. The van der Waals surface area contributed by atoms with Crippen molar-refractivity contribution in [3.05, 3.63) is 0 Å². The largest absolute Gasteiger partial charge is 0.0654 e. The van der Waals surface area contributed by atoms with Crippen molar-refractivity contribution >= 4 is 0 Å². The van der Waals surface area contributed by atoms with Gasteiger partial charge in [-0.25, -0.2) is 0 Å². The number of fused-ring (bicyclic) bond motifs is 3. The molecule has 3 aliphatic rings. The van der Waals surface area contributed by atoms with E-state index in [-0.39, 0.29) is 0 Å². The van der Waals surface area contributed by atoms with Gasteiger partial charge in [0.05, 0.1) is 0 Å². The van der Waals surface area contributed by atoms with Gasteiger partial charge < -0.3 is 0 Å². The second-order valence-corrected chi connectivity index (χ2v) is 8.51. The molecule has 0 N–H and O–H groups in total. The van der Waals surface area contributed by atoms with Crippen molar-refractivity contribution in [2.24, 2.45) is 29.6 Å². The maximum atomic E-state index is 2.33. The van der Waals surface area contributed by atoms with E-state index >= 15 is 0 Å². The van der Waals surface area contributed by atoms with E-state index in [1.165, 1.54) is 32.1 Å². The zero-order valence-corrected chi connectivity index (χ0v) is 14.5. The topological polar surface area (TPSA) is 0 Å². The molecule has 0 bridgehead atoms. The molecule has 5 unspecified atom stereocenters. The fourth-order valence-corrected chi connectivity index (χ4v) is 6.31. The Morgan fingerprint density at radius 2 is 1.43 bits per heavy atom. The van der Waals surface area contributed by atoms with Crippen molar-refractivity contribution in [3.63, 3.8) is 0 Å². The molecule has 0 aromatic heterocycles. The summed E-state index contributed by atoms with van der Waals surface area (Å²) in [5.74, 6) is 5.71. The van der Waals surface area contributed by atoms with Crippen LogP contribution >= 0.6 is 0 Å². The Labute approximate surface area is 133 Å². The summed E-state index contributed by atoms with van der Waals surface area (Å²) in [7, 11) is 0. The average Bonchev–Trinajstić information content (AvgIpc) is 2.54. The Hall–Kier alpha value is 0. The lowest BCUT2D eigenvalue weighted by Crippen LogP contribution is -2.41. The van der Waals surface area contributed by atoms with Crippen LogP contribution in [-0.2, 0) is 0 Å². The van der Waals surface area contributed by atoms with Crippen molar-refractivity contribution in [3.8, 4) is 0 Å². The molecule has 3 saturated carbocycles. The van der Waals surface area contributed by atoms with Crippen LogP contribution in [0.4, 0.5) is 0 Å². The lowest BCUT2D eigenvalue weighted by molar-refractivity contribution is -0.00637. The molecule has 3 aliphatic carbocycles. The Bertz CT molecular complexity index is 294. The first kappa shape index (κ1) is 15.9. The van der Waals surface area contributed by atoms with Gasteiger partial charge in [0.25, 0.3) is 0 Å². The van der Waals surface area contributed by atoms with Crippen LogP contribution in [0.3, 0.4) is 0 Å². The number of unbranched alkanes of at least 4 members (excludes halogenated alkanes) is 4. The van der Waals surface area contributed by atoms with Crippen LogP contribution in [0.1, 0.15) is 103 Å². The average molecular weight is 291 g/mol. The van der Waals surface area contributed by atoms with Gasteiger partial charge >= 0.3 is 0 Å². The van der Waals surface area contributed by atoms with Crippen LogP contribution in [0.25, 0.3) is 0 Å². The zero-order valence-electron chi connectivity index (χ0n) is 14.5. The monoisotopic (exact) mass is 290 g/mol. The van der Waals surface area contributed by atoms with Crippen molar-refractivity contribution in [2.45, 2.75) is 103 Å². The van der Waals surface area contributed by atoms with E-state index in [4.69, 9.17) is 0 Å². The number of hydrogen-bond donors (Lipinski definition) is 0. The quantitative estimate of drug-likeness (QED) is 0.463. The molecule has 0 nitrogen and oxygen atoms in total. The van der Waals surface area contributed by atoms with Gasteiger partial charge in [0.1, 0.15) is 0 Å². The predicted molar refractivity (Wildman–Crippen MR) is 92.4 cm³/mol. The van der Waals surface area contributed by atoms with E-state index in [0.29, 0.717) is 0 Å². The second-order valence-electron chi connectivity index (χ2n) is 8.51. The van der Waals surface area contributed by atoms with Crippen LogP contribution in [-0.4, -0.2) is 0 Å². The normalized spacial score (nSPS) is 39.6. The maximum absolute atomic E-state index is 2.33. The van der Waals surface area contributed by atoms with E-state index in [9.17, 15) is 0 Å². The van der Waals surface area contributed by atoms with Crippen LogP contribution in [0.2, 0.25) is 0 Å². The SMILES string of the molecule is CCCCCCCC1CCCC2C3CCCCC3CCC12. The standard InChI is InChI=1S/C21H38/c1-2-3-4-5-6-10-17-12-9-14-21-19-13-8-7-11-18(19)15-16-20(17)21/h17-21H,2-16H2,1H3. The van der Waals surface area contributed by atoms with Crippen molar-refractivity contribution < 1.29 is 0 Å². The molecular formula is C21H38. The highest BCUT2D eigenvalue weighted by Crippen LogP contribution is 2.53. The Balaban J connectivity index is 1.50. The zero-order chi connectivity index (χ0) is 14.5. The number of hydrogen-bond acceptors (Lipinski definition) is 0. The molecule has 0 aliphatic heterocycles. The summed E-state index contributed by atoms with van der Waals surface area (Å²) in [5, 5.41) is 0. The third-order valence-electron chi connectivity index (χ3n) is 7.33. The maximum Gasteiger partial charge on any atom is -0.0352 e. The Kier molecular flexibility index (Phi) is 6.07. The lowest BCUT2D eigenvalue weighted by Gasteiger charge is -2.51. The summed E-state index contributed by atoms with van der Waals surface area (Å²) in [5.41, 5.74) is 0. The minimum Gasteiger partial charge on any atom is -0.0654 e. The molecule has 0 heterocycles. The fourth-order valence-electron chi connectivity index (χ4n) is 6.31. The van der Waals surface area contributed by atoms with Crippen molar-refractivity contribution in [1.82, 2.24) is 0 Å². The minimum atomic E-state index is 1.12. The van der Waals surface area contributed by atoms with E-state index < -0.39 is 0 Å². The first-order valence-electron chi connectivity index (χ1n) is 10.4. The summed E-state index contributed by atoms with van der Waals surface area (Å²) in [6.07, 6.45) is 23.1. The van der Waals surface area contributed by atoms with E-state index in [1.807, 2.05) is 0 Å². The molecule has 0 aromatic rings. The second kappa shape index (κ2) is 8.02. The van der Waals surface area contributed by atoms with Gasteiger partial charge in [0, 0.05) is 0 Å². The molecule has 0 saturated heterocycles. The fraction of sp³-hybridized carbons (Fsp3) is 1.00. The summed E-state index contributed by atoms with van der Waals surface area (Å²) in [4.78, 5) is 0. The third-order valence-corrected chi connectivity index (χ3v) is 7.33. The summed E-state index contributed by atoms with van der Waals surface area (Å²) in [6.45, 7) is 2.33. The highest BCUT2D eigenvalue weighted by molar-refractivity contribution is 4.94. The van der Waals surface area contributed by atoms with Crippen LogP contribution in [0.5, 0.6) is 0 Å². The highest BCUT2D eigenvalue weighted by atomic mass is 14.5. The van der Waals surface area contributed by atoms with Gasteiger partial charge in [-0.15, -0.1) is 0 Å². The van der Waals surface area contributed by atoms with Crippen molar-refractivity contribution in [1.29, 1.82) is 0 Å². The van der Waals surface area contributed by atoms with E-state index in [1.54, 1.807) is 64.2 Å². The minimum absolute atomic E-state index is 1.12. The molecule has 0 spiro atoms. The van der Waals surface area contributed by atoms with E-state index in [0.717, 1.165) is 29.6 Å². The van der Waals surface area contributed by atoms with Crippen LogP contribution in [0.15, 0.2) is 0 Å². The molecule has 3 rings (SSSR count). The first-order valence-corrected chi connectivity index (χ1v) is 10.4. The first-order chi connectivity index (χ1) is 10.4. The molecule has 0 radical (unpaired) electrons. The number of rotatable bonds is 6. The molecular weight excluding hydrogens is 252 g/mol. The molecule has 0 aromatic carbocycles. The summed E-state index contributed by atoms with van der Waals surface area (Å²) in [6, 6.07) is 0. The van der Waals surface area contributed by atoms with Gasteiger partial charge in [-0.1, -0.05) is 77.6 Å². The summed E-state index contributed by atoms with van der Waals surface area (Å²) >= 11 is 0. The molecule has 3 fully saturated rings. The molecule has 21 heavy (non-hydrogen) atoms. The van der Waals surface area contributed by atoms with E-state index in [2.05, 4.69) is 6.92 Å². The molecule has 5 atom stereocenters. The lowest BCUT2D eigenvalue weighted by atomic mass is 9.55. The van der Waals surface area contributed by atoms with Crippen molar-refractivity contribution in [2.75, 3.05) is 0 Å². The highest BCUT2D eigenvalue weighted by Gasteiger charge is 2.44. The van der Waals surface area contributed by atoms with Gasteiger partial charge in [0.2, 0.25) is 0 Å². The Morgan fingerprint density at radius 1 is 0.619 bits per heavy atom. The third kappa shape index (κ3) is 3.85. The van der Waals surface area contributed by atoms with Crippen LogP contribution in [0, 0.1) is 29.6 Å².